The Morgan fingerprint density at radius 2 is 1.90 bits per heavy atom. The number of hydrogen-bond donors (Lipinski definition) is 2. The molecule has 0 amide bonds. The van der Waals surface area contributed by atoms with Crippen LogP contribution < -0.4 is 11.3 Å². The van der Waals surface area contributed by atoms with E-state index < -0.39 is 0 Å². The predicted molar refractivity (Wildman–Crippen MR) is 77.8 cm³/mol. The first-order valence-corrected chi connectivity index (χ1v) is 6.66. The van der Waals surface area contributed by atoms with E-state index >= 15 is 0 Å². The van der Waals surface area contributed by atoms with Gasteiger partial charge in [-0.3, -0.25) is 5.43 Å². The minimum Gasteiger partial charge on any atom is -0.417 e. The fraction of sp³-hybridized carbons (Fsp3) is 0. The average Bonchev–Trinajstić information content (AvgIpc) is 3.14. The van der Waals surface area contributed by atoms with E-state index in [4.69, 9.17) is 15.5 Å². The Morgan fingerprint density at radius 1 is 1.15 bits per heavy atom. The van der Waals surface area contributed by atoms with Gasteiger partial charge in [-0.1, -0.05) is 30.3 Å². The zero-order valence-electron chi connectivity index (χ0n) is 10.3. The summed E-state index contributed by atoms with van der Waals surface area (Å²) in [7, 11) is 0. The molecule has 1 aromatic carbocycles. The van der Waals surface area contributed by atoms with E-state index in [0.29, 0.717) is 5.89 Å². The fourth-order valence-corrected chi connectivity index (χ4v) is 2.75. The summed E-state index contributed by atoms with van der Waals surface area (Å²) in [6.45, 7) is 0. The van der Waals surface area contributed by atoms with Crippen LogP contribution in [0.5, 0.6) is 0 Å². The molecule has 0 fully saturated rings. The molecule has 20 heavy (non-hydrogen) atoms. The van der Waals surface area contributed by atoms with Crippen molar-refractivity contribution in [2.45, 2.75) is 0 Å². The maximum absolute atomic E-state index is 8.93. The second kappa shape index (κ2) is 5.17. The first-order valence-electron chi connectivity index (χ1n) is 5.85. The summed E-state index contributed by atoms with van der Waals surface area (Å²) < 4.78 is 5.43. The molecule has 5 nitrogen and oxygen atoms in total. The normalized spacial score (nSPS) is 10.2. The van der Waals surface area contributed by atoms with Crippen LogP contribution in [0.4, 0.5) is 5.88 Å². The summed E-state index contributed by atoms with van der Waals surface area (Å²) in [6.07, 6.45) is 0. The van der Waals surface area contributed by atoms with Crippen molar-refractivity contribution in [1.82, 2.24) is 4.98 Å². The first-order chi connectivity index (χ1) is 9.81. The van der Waals surface area contributed by atoms with Gasteiger partial charge in [0.2, 0.25) is 17.5 Å². The second-order valence-corrected chi connectivity index (χ2v) is 5.07. The van der Waals surface area contributed by atoms with E-state index in [-0.39, 0.29) is 11.6 Å². The van der Waals surface area contributed by atoms with Crippen molar-refractivity contribution in [2.24, 2.45) is 5.84 Å². The number of nitrogens with zero attached hydrogens (tertiary/aromatic N) is 2. The molecular weight excluding hydrogens is 272 g/mol. The molecule has 0 aliphatic carbocycles. The molecule has 3 N–H and O–H groups in total. The molecule has 0 spiro atoms. The van der Waals surface area contributed by atoms with Gasteiger partial charge in [-0.25, -0.2) is 5.84 Å². The van der Waals surface area contributed by atoms with Gasteiger partial charge >= 0.3 is 0 Å². The number of rotatable bonds is 3. The topological polar surface area (TPSA) is 87.9 Å². The standard InChI is InChI=1S/C14H10N4OS/c15-8-10-13(18-16)19-14(17-10)12-7-6-11(20-12)9-4-2-1-3-5-9/h1-7,18H,16H2. The van der Waals surface area contributed by atoms with E-state index in [1.165, 1.54) is 0 Å². The molecule has 0 aliphatic heterocycles. The Bertz CT molecular complexity index is 770. The van der Waals surface area contributed by atoms with Crippen molar-refractivity contribution in [3.05, 3.63) is 48.2 Å². The minimum absolute atomic E-state index is 0.150. The van der Waals surface area contributed by atoms with Gasteiger partial charge in [0.1, 0.15) is 6.07 Å². The first kappa shape index (κ1) is 12.4. The van der Waals surface area contributed by atoms with E-state index in [2.05, 4.69) is 10.4 Å². The third-order valence-electron chi connectivity index (χ3n) is 2.74. The smallest absolute Gasteiger partial charge is 0.246 e. The number of hydrogen-bond acceptors (Lipinski definition) is 6. The molecule has 3 rings (SSSR count). The van der Waals surface area contributed by atoms with Crippen LogP contribution in [-0.2, 0) is 0 Å². The number of thiophene rings is 1. The van der Waals surface area contributed by atoms with Gasteiger partial charge in [0, 0.05) is 4.88 Å². The SMILES string of the molecule is N#Cc1nc(-c2ccc(-c3ccccc3)s2)oc1NN. The number of nitrogens with two attached hydrogens (primary N) is 1. The highest BCUT2D eigenvalue weighted by molar-refractivity contribution is 7.18. The molecule has 6 heteroatoms. The molecule has 0 radical (unpaired) electrons. The van der Waals surface area contributed by atoms with Crippen LogP contribution in [0.25, 0.3) is 21.2 Å². The monoisotopic (exact) mass is 282 g/mol. The van der Waals surface area contributed by atoms with Crippen molar-refractivity contribution in [3.63, 3.8) is 0 Å². The minimum atomic E-state index is 0.150. The summed E-state index contributed by atoms with van der Waals surface area (Å²) in [4.78, 5) is 6.08. The number of benzene rings is 1. The highest BCUT2D eigenvalue weighted by Crippen LogP contribution is 2.35. The number of nitriles is 1. The summed E-state index contributed by atoms with van der Waals surface area (Å²) in [5.74, 6) is 5.85. The molecule has 2 heterocycles. The second-order valence-electron chi connectivity index (χ2n) is 3.98. The molecule has 0 atom stereocenters. The van der Waals surface area contributed by atoms with E-state index in [0.717, 1.165) is 15.3 Å². The van der Waals surface area contributed by atoms with Gasteiger partial charge in [0.15, 0.2) is 0 Å². The van der Waals surface area contributed by atoms with Gasteiger partial charge in [-0.15, -0.1) is 11.3 Å². The lowest BCUT2D eigenvalue weighted by atomic mass is 10.2. The average molecular weight is 282 g/mol. The van der Waals surface area contributed by atoms with Gasteiger partial charge < -0.3 is 4.42 Å². The summed E-state index contributed by atoms with van der Waals surface area (Å²) in [5.41, 5.74) is 3.61. The lowest BCUT2D eigenvalue weighted by Gasteiger charge is -1.94. The maximum Gasteiger partial charge on any atom is 0.246 e. The summed E-state index contributed by atoms with van der Waals surface area (Å²) in [5, 5.41) is 8.93. The van der Waals surface area contributed by atoms with Gasteiger partial charge in [0.05, 0.1) is 4.88 Å². The van der Waals surface area contributed by atoms with Crippen molar-refractivity contribution in [3.8, 4) is 27.3 Å². The Balaban J connectivity index is 1.99. The third kappa shape index (κ3) is 2.16. The number of nitrogen functional groups attached to an aromatic ring is 1. The third-order valence-corrected chi connectivity index (χ3v) is 3.86. The Morgan fingerprint density at radius 3 is 2.55 bits per heavy atom. The molecule has 3 aromatic rings. The van der Waals surface area contributed by atoms with E-state index in [1.807, 2.05) is 48.5 Å². The van der Waals surface area contributed by atoms with Gasteiger partial charge in [0.25, 0.3) is 0 Å². The number of hydrazine groups is 1. The van der Waals surface area contributed by atoms with Crippen LogP contribution in [0.1, 0.15) is 5.69 Å². The molecule has 0 saturated heterocycles. The number of oxazole rings is 1. The molecule has 98 valence electrons. The van der Waals surface area contributed by atoms with Crippen molar-refractivity contribution in [2.75, 3.05) is 5.43 Å². The molecule has 0 bridgehead atoms. The molecule has 0 unspecified atom stereocenters. The Labute approximate surface area is 119 Å². The number of aromatic nitrogens is 1. The van der Waals surface area contributed by atoms with Crippen molar-refractivity contribution < 1.29 is 4.42 Å². The number of anilines is 1. The lowest BCUT2D eigenvalue weighted by Crippen LogP contribution is -2.06. The number of nitrogens with one attached hydrogen (secondary N) is 1. The zero-order chi connectivity index (χ0) is 13.9. The highest BCUT2D eigenvalue weighted by atomic mass is 32.1. The predicted octanol–water partition coefficient (Wildman–Crippen LogP) is 3.23. The maximum atomic E-state index is 8.93. The Hall–Kier alpha value is -2.62. The molecule has 0 aliphatic rings. The fourth-order valence-electron chi connectivity index (χ4n) is 1.81. The van der Waals surface area contributed by atoms with Crippen LogP contribution in [0.15, 0.2) is 46.9 Å². The molecule has 0 saturated carbocycles. The molecule has 2 aromatic heterocycles. The van der Waals surface area contributed by atoms with Crippen LogP contribution in [0, 0.1) is 11.3 Å². The van der Waals surface area contributed by atoms with Crippen molar-refractivity contribution >= 4 is 17.2 Å². The Kier molecular flexibility index (Phi) is 3.21. The van der Waals surface area contributed by atoms with Crippen LogP contribution >= 0.6 is 11.3 Å². The molecular formula is C14H10N4OS. The quantitative estimate of drug-likeness (QED) is 0.568. The lowest BCUT2D eigenvalue weighted by molar-refractivity contribution is 0.588. The van der Waals surface area contributed by atoms with Gasteiger partial charge in [-0.05, 0) is 17.7 Å². The summed E-state index contributed by atoms with van der Waals surface area (Å²) >= 11 is 1.55. The van der Waals surface area contributed by atoms with Crippen LogP contribution in [0.3, 0.4) is 0 Å². The van der Waals surface area contributed by atoms with Crippen molar-refractivity contribution in [1.29, 1.82) is 5.26 Å². The van der Waals surface area contributed by atoms with Crippen LogP contribution in [-0.4, -0.2) is 4.98 Å². The largest absolute Gasteiger partial charge is 0.417 e. The zero-order valence-corrected chi connectivity index (χ0v) is 11.1. The van der Waals surface area contributed by atoms with E-state index in [9.17, 15) is 0 Å². The van der Waals surface area contributed by atoms with E-state index in [1.54, 1.807) is 11.3 Å². The van der Waals surface area contributed by atoms with Gasteiger partial charge in [-0.2, -0.15) is 10.2 Å². The van der Waals surface area contributed by atoms with Crippen LogP contribution in [0.2, 0.25) is 0 Å². The summed E-state index contributed by atoms with van der Waals surface area (Å²) in [6, 6.07) is 15.9. The highest BCUT2D eigenvalue weighted by Gasteiger charge is 2.15.